The van der Waals surface area contributed by atoms with E-state index in [-0.39, 0.29) is 12.1 Å². The van der Waals surface area contributed by atoms with Crippen LogP contribution in [0.5, 0.6) is 0 Å². The molecule has 5 rings (SSSR count). The minimum Gasteiger partial charge on any atom is -0.351 e. The first kappa shape index (κ1) is 19.7. The van der Waals surface area contributed by atoms with Crippen molar-refractivity contribution in [3.05, 3.63) is 107 Å². The fourth-order valence-corrected chi connectivity index (χ4v) is 4.64. The number of anilines is 1. The van der Waals surface area contributed by atoms with Crippen molar-refractivity contribution in [2.75, 3.05) is 4.90 Å². The molecule has 0 aliphatic carbocycles. The number of hydrogen-bond donors (Lipinski definition) is 1. The molecule has 4 aromatic rings. The second kappa shape index (κ2) is 8.13. The summed E-state index contributed by atoms with van der Waals surface area (Å²) in [5, 5.41) is 4.84. The summed E-state index contributed by atoms with van der Waals surface area (Å²) in [4.78, 5) is 11.1. The Morgan fingerprint density at radius 2 is 1.77 bits per heavy atom. The standard InChI is InChI=1S/C24H20ClN5S/c1-16-7-12-21(29(16)19-5-4-13-26-15-19)23-22(20-6-2-3-14-27-20)28-24(31)30(23)18-10-8-17(25)9-11-18/h2-15,22-23H,1H3,(H,28,31)/t22-,23+/m0/s1. The molecule has 0 unspecified atom stereocenters. The molecule has 0 saturated carbocycles. The van der Waals surface area contributed by atoms with Crippen LogP contribution in [0.2, 0.25) is 5.02 Å². The first-order valence-electron chi connectivity index (χ1n) is 9.98. The zero-order valence-electron chi connectivity index (χ0n) is 16.8. The number of benzene rings is 1. The summed E-state index contributed by atoms with van der Waals surface area (Å²) < 4.78 is 2.23. The van der Waals surface area contributed by atoms with Gasteiger partial charge in [0.1, 0.15) is 6.04 Å². The number of pyridine rings is 2. The number of hydrogen-bond acceptors (Lipinski definition) is 3. The topological polar surface area (TPSA) is 46.0 Å². The Morgan fingerprint density at radius 3 is 2.48 bits per heavy atom. The van der Waals surface area contributed by atoms with Crippen molar-refractivity contribution < 1.29 is 0 Å². The van der Waals surface area contributed by atoms with Crippen LogP contribution in [0.3, 0.4) is 0 Å². The Labute approximate surface area is 191 Å². The molecule has 1 N–H and O–H groups in total. The fourth-order valence-electron chi connectivity index (χ4n) is 4.16. The minimum absolute atomic E-state index is 0.113. The molecular weight excluding hydrogens is 426 g/mol. The summed E-state index contributed by atoms with van der Waals surface area (Å²) in [5.74, 6) is 0. The van der Waals surface area contributed by atoms with Crippen molar-refractivity contribution in [1.82, 2.24) is 19.9 Å². The lowest BCUT2D eigenvalue weighted by Crippen LogP contribution is -2.30. The molecule has 4 heterocycles. The first-order chi connectivity index (χ1) is 15.1. The van der Waals surface area contributed by atoms with E-state index in [1.807, 2.05) is 60.9 Å². The van der Waals surface area contributed by atoms with Gasteiger partial charge in [0.2, 0.25) is 0 Å². The van der Waals surface area contributed by atoms with E-state index >= 15 is 0 Å². The molecule has 7 heteroatoms. The number of nitrogens with one attached hydrogen (secondary N) is 1. The van der Waals surface area contributed by atoms with E-state index in [0.29, 0.717) is 10.1 Å². The number of thiocarbonyl (C=S) groups is 1. The molecule has 1 aliphatic rings. The van der Waals surface area contributed by atoms with Crippen molar-refractivity contribution in [1.29, 1.82) is 0 Å². The van der Waals surface area contributed by atoms with Gasteiger partial charge in [-0.25, -0.2) is 0 Å². The monoisotopic (exact) mass is 445 g/mol. The van der Waals surface area contributed by atoms with Gasteiger partial charge in [0.05, 0.1) is 23.6 Å². The van der Waals surface area contributed by atoms with E-state index in [0.717, 1.165) is 28.5 Å². The second-order valence-electron chi connectivity index (χ2n) is 7.42. The Balaban J connectivity index is 1.70. The van der Waals surface area contributed by atoms with Gasteiger partial charge in [0, 0.05) is 34.5 Å². The van der Waals surface area contributed by atoms with Gasteiger partial charge in [-0.2, -0.15) is 0 Å². The van der Waals surface area contributed by atoms with E-state index in [1.54, 1.807) is 6.20 Å². The average Bonchev–Trinajstić information content (AvgIpc) is 3.35. The zero-order chi connectivity index (χ0) is 21.4. The number of halogens is 1. The molecule has 154 valence electrons. The highest BCUT2D eigenvalue weighted by atomic mass is 35.5. The maximum absolute atomic E-state index is 6.15. The Bertz CT molecular complexity index is 1210. The highest BCUT2D eigenvalue weighted by molar-refractivity contribution is 7.80. The van der Waals surface area contributed by atoms with E-state index in [9.17, 15) is 0 Å². The molecule has 5 nitrogen and oxygen atoms in total. The number of aromatic nitrogens is 3. The summed E-state index contributed by atoms with van der Waals surface area (Å²) >= 11 is 12.0. The van der Waals surface area contributed by atoms with Crippen molar-refractivity contribution in [2.24, 2.45) is 0 Å². The smallest absolute Gasteiger partial charge is 0.174 e. The number of rotatable bonds is 4. The zero-order valence-corrected chi connectivity index (χ0v) is 18.4. The Morgan fingerprint density at radius 1 is 0.935 bits per heavy atom. The predicted octanol–water partition coefficient (Wildman–Crippen LogP) is 5.41. The molecular formula is C24H20ClN5S. The van der Waals surface area contributed by atoms with Crippen LogP contribution in [0.15, 0.2) is 85.3 Å². The van der Waals surface area contributed by atoms with Gasteiger partial charge in [-0.15, -0.1) is 0 Å². The van der Waals surface area contributed by atoms with Gasteiger partial charge in [0.15, 0.2) is 5.11 Å². The van der Waals surface area contributed by atoms with Crippen molar-refractivity contribution in [3.8, 4) is 5.69 Å². The van der Waals surface area contributed by atoms with Gasteiger partial charge in [-0.3, -0.25) is 9.97 Å². The summed E-state index contributed by atoms with van der Waals surface area (Å²) in [7, 11) is 0. The van der Waals surface area contributed by atoms with Crippen LogP contribution in [-0.4, -0.2) is 19.6 Å². The third-order valence-corrected chi connectivity index (χ3v) is 6.08. The number of nitrogens with zero attached hydrogens (tertiary/aromatic N) is 4. The lowest BCUT2D eigenvalue weighted by Gasteiger charge is -2.29. The maximum Gasteiger partial charge on any atom is 0.174 e. The third kappa shape index (κ3) is 3.58. The summed E-state index contributed by atoms with van der Waals surface area (Å²) in [6.07, 6.45) is 5.47. The van der Waals surface area contributed by atoms with Crippen LogP contribution in [-0.2, 0) is 0 Å². The molecule has 3 aromatic heterocycles. The highest BCUT2D eigenvalue weighted by Gasteiger charge is 2.42. The van der Waals surface area contributed by atoms with Gasteiger partial charge in [-0.1, -0.05) is 17.7 Å². The van der Waals surface area contributed by atoms with Gasteiger partial charge >= 0.3 is 0 Å². The minimum atomic E-state index is -0.117. The van der Waals surface area contributed by atoms with Gasteiger partial charge in [-0.05, 0) is 79.8 Å². The van der Waals surface area contributed by atoms with Crippen LogP contribution in [0.25, 0.3) is 5.69 Å². The molecule has 1 aromatic carbocycles. The molecule has 0 amide bonds. The van der Waals surface area contributed by atoms with Crippen molar-refractivity contribution >= 4 is 34.6 Å². The predicted molar refractivity (Wildman–Crippen MR) is 128 cm³/mol. The lowest BCUT2D eigenvalue weighted by molar-refractivity contribution is 0.548. The molecule has 1 saturated heterocycles. The molecule has 0 spiro atoms. The van der Waals surface area contributed by atoms with Crippen LogP contribution in [0.4, 0.5) is 5.69 Å². The van der Waals surface area contributed by atoms with Crippen LogP contribution >= 0.6 is 23.8 Å². The first-order valence-corrected chi connectivity index (χ1v) is 10.8. The van der Waals surface area contributed by atoms with E-state index in [1.165, 1.54) is 0 Å². The summed E-state index contributed by atoms with van der Waals surface area (Å²) in [6.45, 7) is 2.10. The quantitative estimate of drug-likeness (QED) is 0.426. The van der Waals surface area contributed by atoms with Crippen LogP contribution < -0.4 is 10.2 Å². The summed E-state index contributed by atoms with van der Waals surface area (Å²) in [6, 6.07) is 21.8. The third-order valence-electron chi connectivity index (χ3n) is 5.52. The van der Waals surface area contributed by atoms with Crippen LogP contribution in [0, 0.1) is 6.92 Å². The normalized spacial score (nSPS) is 18.3. The molecule has 0 radical (unpaired) electrons. The van der Waals surface area contributed by atoms with E-state index in [2.05, 4.69) is 49.9 Å². The van der Waals surface area contributed by atoms with Crippen LogP contribution in [0.1, 0.15) is 29.2 Å². The van der Waals surface area contributed by atoms with Crippen molar-refractivity contribution in [2.45, 2.75) is 19.0 Å². The van der Waals surface area contributed by atoms with Gasteiger partial charge in [0.25, 0.3) is 0 Å². The summed E-state index contributed by atoms with van der Waals surface area (Å²) in [5.41, 5.74) is 5.14. The Kier molecular flexibility index (Phi) is 5.18. The maximum atomic E-state index is 6.15. The molecule has 1 fully saturated rings. The molecule has 1 aliphatic heterocycles. The molecule has 2 atom stereocenters. The lowest BCUT2D eigenvalue weighted by atomic mass is 10.0. The highest BCUT2D eigenvalue weighted by Crippen LogP contribution is 2.42. The van der Waals surface area contributed by atoms with E-state index in [4.69, 9.17) is 23.8 Å². The Hall–Kier alpha value is -3.22. The van der Waals surface area contributed by atoms with Crippen molar-refractivity contribution in [3.63, 3.8) is 0 Å². The second-order valence-corrected chi connectivity index (χ2v) is 8.24. The number of aryl methyl sites for hydroxylation is 1. The molecule has 0 bridgehead atoms. The SMILES string of the molecule is Cc1ccc([C@@H]2[C@H](c3ccccn3)NC(=S)N2c2ccc(Cl)cc2)n1-c1cccnc1. The average molecular weight is 446 g/mol. The largest absolute Gasteiger partial charge is 0.351 e. The van der Waals surface area contributed by atoms with Gasteiger partial charge < -0.3 is 14.8 Å². The fraction of sp³-hybridized carbons (Fsp3) is 0.125. The van der Waals surface area contributed by atoms with E-state index < -0.39 is 0 Å². The molecule has 31 heavy (non-hydrogen) atoms.